The summed E-state index contributed by atoms with van der Waals surface area (Å²) < 4.78 is 39.6. The Bertz CT molecular complexity index is 1080. The molecule has 33 heavy (non-hydrogen) atoms. The molecule has 1 unspecified atom stereocenters. The van der Waals surface area contributed by atoms with Gasteiger partial charge in [0.15, 0.2) is 5.78 Å². The van der Waals surface area contributed by atoms with Crippen molar-refractivity contribution in [2.24, 2.45) is 0 Å². The Labute approximate surface area is 190 Å². The lowest BCUT2D eigenvalue weighted by Gasteiger charge is -2.30. The number of Topliss-reactive ketones (excluding diaryl/α,β-unsaturated/α-hetero) is 1. The first-order chi connectivity index (χ1) is 15.6. The molecule has 1 N–H and O–H groups in total. The summed E-state index contributed by atoms with van der Waals surface area (Å²) in [4.78, 5) is 40.3. The second-order valence-corrected chi connectivity index (χ2v) is 8.02. The minimum Gasteiger partial charge on any atom is -0.348 e. The van der Waals surface area contributed by atoms with E-state index in [9.17, 15) is 27.6 Å². The normalized spacial score (nSPS) is 16.6. The van der Waals surface area contributed by atoms with Gasteiger partial charge < -0.3 is 10.2 Å². The second kappa shape index (κ2) is 10.0. The fourth-order valence-corrected chi connectivity index (χ4v) is 3.56. The minimum absolute atomic E-state index is 0.0849. The van der Waals surface area contributed by atoms with Crippen LogP contribution in [0.1, 0.15) is 47.9 Å². The quantitative estimate of drug-likeness (QED) is 0.491. The average Bonchev–Trinajstić information content (AvgIpc) is 2.78. The van der Waals surface area contributed by atoms with E-state index >= 15 is 0 Å². The number of amides is 2. The molecule has 2 aromatic rings. The zero-order valence-corrected chi connectivity index (χ0v) is 18.4. The standard InChI is InChI=1S/C25H25F3N2O3/c1-3-4-12-30-15-20(23(32)29-14-17-10-8-16(2)9-11-17)22(31)21(24(30)33)18-6-5-7-19(13-18)25(26,27)28/h5-11,13,15,21H,3-4,12,14H2,1-2H3,(H,29,32). The smallest absolute Gasteiger partial charge is 0.348 e. The van der Waals surface area contributed by atoms with Gasteiger partial charge >= 0.3 is 6.18 Å². The summed E-state index contributed by atoms with van der Waals surface area (Å²) in [6.45, 7) is 4.28. The first-order valence-corrected chi connectivity index (χ1v) is 10.7. The van der Waals surface area contributed by atoms with E-state index in [1.54, 1.807) is 0 Å². The molecule has 174 valence electrons. The fourth-order valence-electron chi connectivity index (χ4n) is 3.56. The maximum Gasteiger partial charge on any atom is 0.416 e. The van der Waals surface area contributed by atoms with E-state index in [4.69, 9.17) is 0 Å². The summed E-state index contributed by atoms with van der Waals surface area (Å²) >= 11 is 0. The topological polar surface area (TPSA) is 66.5 Å². The van der Waals surface area contributed by atoms with Crippen molar-refractivity contribution in [3.05, 3.63) is 82.6 Å². The van der Waals surface area contributed by atoms with Gasteiger partial charge in [0.05, 0.1) is 11.1 Å². The zero-order chi connectivity index (χ0) is 24.2. The van der Waals surface area contributed by atoms with Gasteiger partial charge in [-0.1, -0.05) is 61.4 Å². The number of alkyl halides is 3. The van der Waals surface area contributed by atoms with Gasteiger partial charge in [0.2, 0.25) is 5.91 Å². The number of benzene rings is 2. The number of carbonyl (C=O) groups is 3. The summed E-state index contributed by atoms with van der Waals surface area (Å²) in [7, 11) is 0. The molecule has 1 aliphatic rings. The molecular formula is C25H25F3N2O3. The SMILES string of the molecule is CCCCN1C=C(C(=O)NCc2ccc(C)cc2)C(=O)C(c2cccc(C(F)(F)F)c2)C1=O. The number of carbonyl (C=O) groups excluding carboxylic acids is 3. The Kier molecular flexibility index (Phi) is 7.36. The van der Waals surface area contributed by atoms with Crippen LogP contribution in [-0.4, -0.2) is 29.0 Å². The molecular weight excluding hydrogens is 433 g/mol. The minimum atomic E-state index is -4.62. The van der Waals surface area contributed by atoms with Gasteiger partial charge in [0, 0.05) is 19.3 Å². The molecule has 0 spiro atoms. The molecule has 0 fully saturated rings. The Hall–Kier alpha value is -3.42. The number of aryl methyl sites for hydroxylation is 1. The Morgan fingerprint density at radius 3 is 2.42 bits per heavy atom. The van der Waals surface area contributed by atoms with E-state index in [0.29, 0.717) is 6.42 Å². The Morgan fingerprint density at radius 1 is 1.09 bits per heavy atom. The van der Waals surface area contributed by atoms with Gasteiger partial charge in [0.25, 0.3) is 5.91 Å². The number of halogens is 3. The second-order valence-electron chi connectivity index (χ2n) is 8.02. The molecule has 0 saturated heterocycles. The highest BCUT2D eigenvalue weighted by molar-refractivity contribution is 6.28. The van der Waals surface area contributed by atoms with Crippen LogP contribution in [0.2, 0.25) is 0 Å². The highest BCUT2D eigenvalue weighted by Gasteiger charge is 2.41. The van der Waals surface area contributed by atoms with E-state index < -0.39 is 35.3 Å². The molecule has 1 heterocycles. The lowest BCUT2D eigenvalue weighted by atomic mass is 9.85. The van der Waals surface area contributed by atoms with Crippen LogP contribution in [0, 0.1) is 6.92 Å². The number of hydrogen-bond acceptors (Lipinski definition) is 3. The van der Waals surface area contributed by atoms with Crippen molar-refractivity contribution in [2.45, 2.75) is 45.3 Å². The van der Waals surface area contributed by atoms with Crippen molar-refractivity contribution in [1.29, 1.82) is 0 Å². The molecule has 0 bridgehead atoms. The van der Waals surface area contributed by atoms with Gasteiger partial charge in [-0.2, -0.15) is 13.2 Å². The summed E-state index contributed by atoms with van der Waals surface area (Å²) in [6.07, 6.45) is -2.03. The molecule has 0 saturated carbocycles. The highest BCUT2D eigenvalue weighted by Crippen LogP contribution is 2.34. The van der Waals surface area contributed by atoms with Crippen LogP contribution in [0.25, 0.3) is 0 Å². The predicted molar refractivity (Wildman–Crippen MR) is 117 cm³/mol. The van der Waals surface area contributed by atoms with Crippen molar-refractivity contribution < 1.29 is 27.6 Å². The Balaban J connectivity index is 1.90. The summed E-state index contributed by atoms with van der Waals surface area (Å²) in [5.41, 5.74) is 0.592. The third-order valence-electron chi connectivity index (χ3n) is 5.46. The van der Waals surface area contributed by atoms with Gasteiger partial charge in [0.1, 0.15) is 5.92 Å². The number of nitrogens with zero attached hydrogens (tertiary/aromatic N) is 1. The third kappa shape index (κ3) is 5.69. The van der Waals surface area contributed by atoms with Crippen molar-refractivity contribution in [2.75, 3.05) is 6.54 Å². The summed E-state index contributed by atoms with van der Waals surface area (Å²) in [6, 6.07) is 11.6. The average molecular weight is 458 g/mol. The molecule has 8 heteroatoms. The summed E-state index contributed by atoms with van der Waals surface area (Å²) in [5.74, 6) is -3.63. The van der Waals surface area contributed by atoms with Crippen molar-refractivity contribution in [1.82, 2.24) is 10.2 Å². The number of rotatable bonds is 7. The Morgan fingerprint density at radius 2 is 1.79 bits per heavy atom. The predicted octanol–water partition coefficient (Wildman–Crippen LogP) is 4.51. The lowest BCUT2D eigenvalue weighted by Crippen LogP contribution is -2.44. The van der Waals surface area contributed by atoms with Gasteiger partial charge in [-0.3, -0.25) is 14.4 Å². The molecule has 0 aliphatic carbocycles. The molecule has 0 aromatic heterocycles. The van der Waals surface area contributed by atoms with Crippen molar-refractivity contribution >= 4 is 17.6 Å². The van der Waals surface area contributed by atoms with Crippen LogP contribution in [0.15, 0.2) is 60.3 Å². The van der Waals surface area contributed by atoms with Crippen LogP contribution in [0.5, 0.6) is 0 Å². The lowest BCUT2D eigenvalue weighted by molar-refractivity contribution is -0.139. The number of hydrogen-bond donors (Lipinski definition) is 1. The number of nitrogens with one attached hydrogen (secondary N) is 1. The van der Waals surface area contributed by atoms with Crippen LogP contribution in [-0.2, 0) is 27.1 Å². The van der Waals surface area contributed by atoms with Gasteiger partial charge in [-0.05, 0) is 30.5 Å². The number of ketones is 1. The third-order valence-corrected chi connectivity index (χ3v) is 5.46. The van der Waals surface area contributed by atoms with Crippen LogP contribution >= 0.6 is 0 Å². The molecule has 2 amide bonds. The molecule has 1 atom stereocenters. The van der Waals surface area contributed by atoms with Crippen LogP contribution in [0.4, 0.5) is 13.2 Å². The first-order valence-electron chi connectivity index (χ1n) is 10.7. The monoisotopic (exact) mass is 458 g/mol. The molecule has 1 aliphatic heterocycles. The van der Waals surface area contributed by atoms with Gasteiger partial charge in [-0.15, -0.1) is 0 Å². The van der Waals surface area contributed by atoms with Crippen LogP contribution < -0.4 is 5.32 Å². The fraction of sp³-hybridized carbons (Fsp3) is 0.320. The van der Waals surface area contributed by atoms with E-state index in [-0.39, 0.29) is 24.2 Å². The first kappa shape index (κ1) is 24.2. The highest BCUT2D eigenvalue weighted by atomic mass is 19.4. The maximum atomic E-state index is 13.2. The van der Waals surface area contributed by atoms with E-state index in [1.165, 1.54) is 17.2 Å². The molecule has 0 radical (unpaired) electrons. The largest absolute Gasteiger partial charge is 0.416 e. The number of unbranched alkanes of at least 4 members (excludes halogenated alkanes) is 1. The molecule has 3 rings (SSSR count). The zero-order valence-electron chi connectivity index (χ0n) is 18.4. The molecule has 5 nitrogen and oxygen atoms in total. The maximum absolute atomic E-state index is 13.2. The van der Waals surface area contributed by atoms with E-state index in [2.05, 4.69) is 5.32 Å². The van der Waals surface area contributed by atoms with Gasteiger partial charge in [-0.25, -0.2) is 0 Å². The van der Waals surface area contributed by atoms with E-state index in [0.717, 1.165) is 35.7 Å². The van der Waals surface area contributed by atoms with Crippen molar-refractivity contribution in [3.8, 4) is 0 Å². The van der Waals surface area contributed by atoms with Crippen LogP contribution in [0.3, 0.4) is 0 Å². The van der Waals surface area contributed by atoms with Crippen molar-refractivity contribution in [3.63, 3.8) is 0 Å². The summed E-state index contributed by atoms with van der Waals surface area (Å²) in [5, 5.41) is 2.67. The molecule has 2 aromatic carbocycles. The van der Waals surface area contributed by atoms with E-state index in [1.807, 2.05) is 38.1 Å².